The van der Waals surface area contributed by atoms with Crippen LogP contribution >= 0.6 is 0 Å². The maximum Gasteiger partial charge on any atom is 0.338 e. The minimum atomic E-state index is -1.12. The third kappa shape index (κ3) is 9.40. The molecule has 0 radical (unpaired) electrons. The molecule has 0 aliphatic heterocycles. The number of hydrogen-bond acceptors (Lipinski definition) is 6. The first-order chi connectivity index (χ1) is 15.4. The Balaban J connectivity index is 0.00000172. The predicted octanol–water partition coefficient (Wildman–Crippen LogP) is 6.15. The summed E-state index contributed by atoms with van der Waals surface area (Å²) in [4.78, 5) is 25.2. The Bertz CT molecular complexity index is 626. The molecule has 0 aromatic rings. The SMILES string of the molecule is C=CC.CC(C)O[C@@]1(C)CCCCC1OC(=O)C(C)(C)OC1CCCCC1OC(=O)C(C)C. The molecule has 2 aliphatic rings. The van der Waals surface area contributed by atoms with E-state index in [1.807, 2.05) is 41.5 Å². The van der Waals surface area contributed by atoms with E-state index in [0.29, 0.717) is 0 Å². The topological polar surface area (TPSA) is 71.1 Å². The van der Waals surface area contributed by atoms with Gasteiger partial charge in [-0.15, -0.1) is 6.58 Å². The maximum absolute atomic E-state index is 13.1. The Hall–Kier alpha value is -1.40. The standard InChI is InChI=1S/C24H42O6.C3H6/c1-16(2)21(25)27-18-12-8-9-13-19(18)30-23(5,6)22(26)28-20-14-10-11-15-24(20,7)29-17(3)4;1-3-2/h16-20H,8-15H2,1-7H3;3H,1H2,2H3/t18?,19?,20?,24-;/m0./s1. The molecular formula is C27H48O6. The summed E-state index contributed by atoms with van der Waals surface area (Å²) < 4.78 is 24.0. The van der Waals surface area contributed by atoms with Crippen molar-refractivity contribution >= 4 is 11.9 Å². The Kier molecular flexibility index (Phi) is 12.1. The largest absolute Gasteiger partial charge is 0.459 e. The summed E-state index contributed by atoms with van der Waals surface area (Å²) in [6.07, 6.45) is 8.20. The molecule has 0 heterocycles. The molecule has 6 nitrogen and oxygen atoms in total. The lowest BCUT2D eigenvalue weighted by Gasteiger charge is -2.43. The molecule has 4 atom stereocenters. The van der Waals surface area contributed by atoms with E-state index in [1.165, 1.54) is 0 Å². The van der Waals surface area contributed by atoms with Crippen LogP contribution in [0.25, 0.3) is 0 Å². The summed E-state index contributed by atoms with van der Waals surface area (Å²) in [6, 6.07) is 0. The van der Waals surface area contributed by atoms with E-state index in [1.54, 1.807) is 19.9 Å². The summed E-state index contributed by atoms with van der Waals surface area (Å²) >= 11 is 0. The van der Waals surface area contributed by atoms with E-state index in [2.05, 4.69) is 6.58 Å². The van der Waals surface area contributed by atoms with Gasteiger partial charge in [0.1, 0.15) is 17.8 Å². The van der Waals surface area contributed by atoms with Crippen LogP contribution in [0.15, 0.2) is 12.7 Å². The summed E-state index contributed by atoms with van der Waals surface area (Å²) in [5.41, 5.74) is -1.60. The van der Waals surface area contributed by atoms with Crippen LogP contribution in [0.3, 0.4) is 0 Å². The average molecular weight is 469 g/mol. The fourth-order valence-electron chi connectivity index (χ4n) is 4.44. The first-order valence-electron chi connectivity index (χ1n) is 12.7. The van der Waals surface area contributed by atoms with Gasteiger partial charge in [-0.2, -0.15) is 0 Å². The molecule has 3 unspecified atom stereocenters. The van der Waals surface area contributed by atoms with E-state index in [-0.39, 0.29) is 42.3 Å². The van der Waals surface area contributed by atoms with Gasteiger partial charge < -0.3 is 18.9 Å². The smallest absolute Gasteiger partial charge is 0.338 e. The number of hydrogen-bond donors (Lipinski definition) is 0. The van der Waals surface area contributed by atoms with Crippen molar-refractivity contribution in [2.75, 3.05) is 0 Å². The fourth-order valence-corrected chi connectivity index (χ4v) is 4.44. The molecule has 0 amide bonds. The number of ether oxygens (including phenoxy) is 4. The average Bonchev–Trinajstić information content (AvgIpc) is 2.70. The molecule has 0 bridgehead atoms. The van der Waals surface area contributed by atoms with Gasteiger partial charge in [0.15, 0.2) is 5.60 Å². The molecule has 0 saturated heterocycles. The van der Waals surface area contributed by atoms with Gasteiger partial charge in [0.25, 0.3) is 0 Å². The van der Waals surface area contributed by atoms with Crippen LogP contribution < -0.4 is 0 Å². The Morgan fingerprint density at radius 3 is 2.06 bits per heavy atom. The summed E-state index contributed by atoms with van der Waals surface area (Å²) in [6.45, 7) is 18.4. The van der Waals surface area contributed by atoms with Crippen LogP contribution in [-0.2, 0) is 28.5 Å². The van der Waals surface area contributed by atoms with E-state index in [0.717, 1.165) is 51.4 Å². The molecule has 2 fully saturated rings. The van der Waals surface area contributed by atoms with Gasteiger partial charge in [-0.3, -0.25) is 4.79 Å². The normalized spacial score (nSPS) is 28.0. The van der Waals surface area contributed by atoms with E-state index >= 15 is 0 Å². The monoisotopic (exact) mass is 468 g/mol. The third-order valence-corrected chi connectivity index (χ3v) is 6.14. The van der Waals surface area contributed by atoms with Crippen molar-refractivity contribution in [3.8, 4) is 0 Å². The van der Waals surface area contributed by atoms with Gasteiger partial charge in [-0.1, -0.05) is 32.8 Å². The van der Waals surface area contributed by atoms with Crippen molar-refractivity contribution in [2.24, 2.45) is 5.92 Å². The van der Waals surface area contributed by atoms with Crippen LogP contribution in [0.1, 0.15) is 107 Å². The van der Waals surface area contributed by atoms with Gasteiger partial charge in [0.2, 0.25) is 0 Å². The molecule has 192 valence electrons. The molecule has 33 heavy (non-hydrogen) atoms. The zero-order valence-electron chi connectivity index (χ0n) is 22.3. The molecule has 6 heteroatoms. The second kappa shape index (κ2) is 13.5. The second-order valence-corrected chi connectivity index (χ2v) is 10.6. The summed E-state index contributed by atoms with van der Waals surface area (Å²) in [5, 5.41) is 0. The Morgan fingerprint density at radius 1 is 0.970 bits per heavy atom. The van der Waals surface area contributed by atoms with Gasteiger partial charge >= 0.3 is 11.9 Å². The van der Waals surface area contributed by atoms with Crippen molar-refractivity contribution in [1.29, 1.82) is 0 Å². The van der Waals surface area contributed by atoms with Crippen LogP contribution in [0.4, 0.5) is 0 Å². The summed E-state index contributed by atoms with van der Waals surface area (Å²) in [5.74, 6) is -0.789. The lowest BCUT2D eigenvalue weighted by molar-refractivity contribution is -0.215. The zero-order chi connectivity index (χ0) is 25.2. The lowest BCUT2D eigenvalue weighted by atomic mass is 9.83. The molecular weight excluding hydrogens is 420 g/mol. The highest BCUT2D eigenvalue weighted by molar-refractivity contribution is 5.79. The molecule has 0 aromatic heterocycles. The minimum Gasteiger partial charge on any atom is -0.459 e. The Labute approximate surface area is 201 Å². The highest BCUT2D eigenvalue weighted by Crippen LogP contribution is 2.36. The third-order valence-electron chi connectivity index (χ3n) is 6.14. The molecule has 0 aromatic carbocycles. The highest BCUT2D eigenvalue weighted by Gasteiger charge is 2.45. The van der Waals surface area contributed by atoms with E-state index < -0.39 is 11.2 Å². The zero-order valence-corrected chi connectivity index (χ0v) is 22.3. The maximum atomic E-state index is 13.1. The quantitative estimate of drug-likeness (QED) is 0.314. The molecule has 2 rings (SSSR count). The van der Waals surface area contributed by atoms with Crippen LogP contribution in [-0.4, -0.2) is 47.6 Å². The number of allylic oxidation sites excluding steroid dienone is 1. The van der Waals surface area contributed by atoms with Crippen LogP contribution in [0.2, 0.25) is 0 Å². The molecule has 2 saturated carbocycles. The highest BCUT2D eigenvalue weighted by atomic mass is 16.6. The second-order valence-electron chi connectivity index (χ2n) is 10.6. The number of carbonyl (C=O) groups is 2. The number of carbonyl (C=O) groups excluding carboxylic acids is 2. The van der Waals surface area contributed by atoms with Gasteiger partial charge in [0.05, 0.1) is 18.1 Å². The van der Waals surface area contributed by atoms with Gasteiger partial charge in [0, 0.05) is 0 Å². The van der Waals surface area contributed by atoms with Crippen LogP contribution in [0.5, 0.6) is 0 Å². The van der Waals surface area contributed by atoms with Gasteiger partial charge in [-0.25, -0.2) is 4.79 Å². The molecule has 0 spiro atoms. The summed E-state index contributed by atoms with van der Waals surface area (Å²) in [7, 11) is 0. The minimum absolute atomic E-state index is 0.0669. The number of rotatable bonds is 8. The predicted molar refractivity (Wildman–Crippen MR) is 131 cm³/mol. The van der Waals surface area contributed by atoms with Crippen molar-refractivity contribution in [3.63, 3.8) is 0 Å². The van der Waals surface area contributed by atoms with Crippen molar-refractivity contribution < 1.29 is 28.5 Å². The molecule has 0 N–H and O–H groups in total. The van der Waals surface area contributed by atoms with Crippen LogP contribution in [0, 0.1) is 5.92 Å². The van der Waals surface area contributed by atoms with E-state index in [9.17, 15) is 9.59 Å². The molecule has 2 aliphatic carbocycles. The van der Waals surface area contributed by atoms with Crippen molar-refractivity contribution in [1.82, 2.24) is 0 Å². The van der Waals surface area contributed by atoms with Crippen molar-refractivity contribution in [3.05, 3.63) is 12.7 Å². The first kappa shape index (κ1) is 29.6. The lowest BCUT2D eigenvalue weighted by Crippen LogP contribution is -2.52. The Morgan fingerprint density at radius 2 is 1.52 bits per heavy atom. The number of esters is 2. The van der Waals surface area contributed by atoms with Gasteiger partial charge in [-0.05, 0) is 80.1 Å². The first-order valence-corrected chi connectivity index (χ1v) is 12.7. The van der Waals surface area contributed by atoms with E-state index in [4.69, 9.17) is 18.9 Å². The fraction of sp³-hybridized carbons (Fsp3) is 0.852. The van der Waals surface area contributed by atoms with Crippen molar-refractivity contribution in [2.45, 2.75) is 142 Å².